The van der Waals surface area contributed by atoms with Crippen molar-refractivity contribution in [1.82, 2.24) is 10.2 Å². The van der Waals surface area contributed by atoms with E-state index in [2.05, 4.69) is 29.3 Å². The lowest BCUT2D eigenvalue weighted by Crippen LogP contribution is -2.30. The van der Waals surface area contributed by atoms with E-state index in [0.717, 1.165) is 12.3 Å². The zero-order valence-corrected chi connectivity index (χ0v) is 12.9. The van der Waals surface area contributed by atoms with Crippen LogP contribution in [0.4, 0.5) is 0 Å². The van der Waals surface area contributed by atoms with Gasteiger partial charge in [0.25, 0.3) is 0 Å². The van der Waals surface area contributed by atoms with Gasteiger partial charge in [0.15, 0.2) is 0 Å². The van der Waals surface area contributed by atoms with Gasteiger partial charge >= 0.3 is 0 Å². The largest absolute Gasteiger partial charge is 0.497 e. The molecule has 1 fully saturated rings. The zero-order chi connectivity index (χ0) is 14.2. The Balaban J connectivity index is 1.75. The average molecular weight is 276 g/mol. The fourth-order valence-electron chi connectivity index (χ4n) is 2.91. The first-order valence-corrected chi connectivity index (χ1v) is 7.90. The van der Waals surface area contributed by atoms with Crippen molar-refractivity contribution in [2.24, 2.45) is 0 Å². The highest BCUT2D eigenvalue weighted by atomic mass is 16.5. The third kappa shape index (κ3) is 4.80. The van der Waals surface area contributed by atoms with Gasteiger partial charge in [0.2, 0.25) is 0 Å². The maximum atomic E-state index is 5.19. The second kappa shape index (κ2) is 8.28. The molecule has 3 nitrogen and oxygen atoms in total. The van der Waals surface area contributed by atoms with Gasteiger partial charge in [0.05, 0.1) is 7.11 Å². The molecule has 0 amide bonds. The van der Waals surface area contributed by atoms with Crippen LogP contribution in [0.5, 0.6) is 5.75 Å². The van der Waals surface area contributed by atoms with Crippen LogP contribution in [0.2, 0.25) is 0 Å². The van der Waals surface area contributed by atoms with E-state index < -0.39 is 0 Å². The number of nitrogens with one attached hydrogen (secondary N) is 1. The topological polar surface area (TPSA) is 24.5 Å². The Morgan fingerprint density at radius 1 is 1.20 bits per heavy atom. The molecular formula is C17H28N2O. The molecule has 2 rings (SSSR count). The molecule has 1 heterocycles. The summed E-state index contributed by atoms with van der Waals surface area (Å²) < 4.78 is 5.19. The molecule has 1 aromatic rings. The van der Waals surface area contributed by atoms with E-state index >= 15 is 0 Å². The van der Waals surface area contributed by atoms with E-state index in [1.165, 1.54) is 50.9 Å². The lowest BCUT2D eigenvalue weighted by Gasteiger charge is -2.19. The van der Waals surface area contributed by atoms with Gasteiger partial charge in [-0.1, -0.05) is 19.1 Å². The lowest BCUT2D eigenvalue weighted by molar-refractivity contribution is 0.282. The van der Waals surface area contributed by atoms with Gasteiger partial charge in [-0.05, 0) is 63.0 Å². The highest BCUT2D eigenvalue weighted by molar-refractivity contribution is 5.27. The molecule has 0 aromatic heterocycles. The van der Waals surface area contributed by atoms with Gasteiger partial charge in [-0.2, -0.15) is 0 Å². The van der Waals surface area contributed by atoms with Crippen LogP contribution >= 0.6 is 0 Å². The van der Waals surface area contributed by atoms with E-state index in [1.807, 2.05) is 12.1 Å². The third-order valence-electron chi connectivity index (χ3n) is 4.11. The molecule has 0 bridgehead atoms. The van der Waals surface area contributed by atoms with Gasteiger partial charge in [0, 0.05) is 12.6 Å². The number of likely N-dealkylation sites (tertiary alicyclic amines) is 1. The summed E-state index contributed by atoms with van der Waals surface area (Å²) in [5.41, 5.74) is 1.33. The Morgan fingerprint density at radius 3 is 2.70 bits per heavy atom. The molecule has 1 atom stereocenters. The summed E-state index contributed by atoms with van der Waals surface area (Å²) in [5, 5.41) is 3.71. The van der Waals surface area contributed by atoms with Crippen molar-refractivity contribution in [2.45, 2.75) is 45.2 Å². The van der Waals surface area contributed by atoms with Crippen LogP contribution < -0.4 is 10.1 Å². The fourth-order valence-corrected chi connectivity index (χ4v) is 2.91. The number of benzene rings is 1. The Labute approximate surface area is 123 Å². The predicted octanol–water partition coefficient (Wildman–Crippen LogP) is 3.05. The monoisotopic (exact) mass is 276 g/mol. The Bertz CT molecular complexity index is 377. The molecule has 0 spiro atoms. The Hall–Kier alpha value is -1.06. The molecule has 1 unspecified atom stereocenters. The lowest BCUT2D eigenvalue weighted by atomic mass is 10.1. The van der Waals surface area contributed by atoms with Crippen LogP contribution in [-0.2, 0) is 6.54 Å². The molecule has 0 aliphatic carbocycles. The standard InChI is InChI=1S/C17H28N2O/c1-3-11-19-12-4-5-16(10-13-19)18-14-15-6-8-17(20-2)9-7-15/h6-9,16,18H,3-5,10-14H2,1-2H3. The van der Waals surface area contributed by atoms with Gasteiger partial charge in [-0.3, -0.25) is 0 Å². The van der Waals surface area contributed by atoms with Crippen LogP contribution in [-0.4, -0.2) is 37.7 Å². The first-order valence-electron chi connectivity index (χ1n) is 7.90. The molecule has 1 aliphatic heterocycles. The van der Waals surface area contributed by atoms with Crippen molar-refractivity contribution in [1.29, 1.82) is 0 Å². The fraction of sp³-hybridized carbons (Fsp3) is 0.647. The summed E-state index contributed by atoms with van der Waals surface area (Å²) in [6.45, 7) is 7.00. The molecule has 1 saturated heterocycles. The zero-order valence-electron chi connectivity index (χ0n) is 12.9. The maximum absolute atomic E-state index is 5.19. The van der Waals surface area contributed by atoms with E-state index in [0.29, 0.717) is 6.04 Å². The minimum atomic E-state index is 0.666. The molecule has 1 aliphatic rings. The first-order chi connectivity index (χ1) is 9.81. The van der Waals surface area contributed by atoms with E-state index in [1.54, 1.807) is 7.11 Å². The molecule has 3 heteroatoms. The summed E-state index contributed by atoms with van der Waals surface area (Å²) >= 11 is 0. The minimum absolute atomic E-state index is 0.666. The maximum Gasteiger partial charge on any atom is 0.118 e. The van der Waals surface area contributed by atoms with Gasteiger partial charge in [0.1, 0.15) is 5.75 Å². The van der Waals surface area contributed by atoms with Gasteiger partial charge in [-0.15, -0.1) is 0 Å². The van der Waals surface area contributed by atoms with Crippen LogP contribution in [0.25, 0.3) is 0 Å². The highest BCUT2D eigenvalue weighted by Gasteiger charge is 2.15. The van der Waals surface area contributed by atoms with Crippen LogP contribution in [0.15, 0.2) is 24.3 Å². The molecule has 112 valence electrons. The third-order valence-corrected chi connectivity index (χ3v) is 4.11. The second-order valence-electron chi connectivity index (χ2n) is 5.70. The van der Waals surface area contributed by atoms with Crippen LogP contribution in [0, 0.1) is 0 Å². The molecule has 1 aromatic carbocycles. The Kier molecular flexibility index (Phi) is 6.34. The van der Waals surface area contributed by atoms with E-state index in [-0.39, 0.29) is 0 Å². The second-order valence-corrected chi connectivity index (χ2v) is 5.70. The summed E-state index contributed by atoms with van der Waals surface area (Å²) in [6, 6.07) is 9.02. The summed E-state index contributed by atoms with van der Waals surface area (Å²) in [6.07, 6.45) is 5.16. The van der Waals surface area contributed by atoms with Crippen molar-refractivity contribution in [2.75, 3.05) is 26.7 Å². The summed E-state index contributed by atoms with van der Waals surface area (Å²) in [5.74, 6) is 0.929. The van der Waals surface area contributed by atoms with Crippen molar-refractivity contribution in [3.8, 4) is 5.75 Å². The van der Waals surface area contributed by atoms with E-state index in [4.69, 9.17) is 4.74 Å². The van der Waals surface area contributed by atoms with Crippen molar-refractivity contribution >= 4 is 0 Å². The van der Waals surface area contributed by atoms with Crippen molar-refractivity contribution < 1.29 is 4.74 Å². The van der Waals surface area contributed by atoms with Crippen LogP contribution in [0.1, 0.15) is 38.2 Å². The average Bonchev–Trinajstić information content (AvgIpc) is 2.71. The number of nitrogens with zero attached hydrogens (tertiary/aromatic N) is 1. The number of hydrogen-bond donors (Lipinski definition) is 1. The van der Waals surface area contributed by atoms with Crippen LogP contribution in [0.3, 0.4) is 0 Å². The number of rotatable bonds is 6. The first kappa shape index (κ1) is 15.3. The van der Waals surface area contributed by atoms with Gasteiger partial charge < -0.3 is 15.0 Å². The molecule has 1 N–H and O–H groups in total. The van der Waals surface area contributed by atoms with Crippen molar-refractivity contribution in [3.63, 3.8) is 0 Å². The Morgan fingerprint density at radius 2 is 2.00 bits per heavy atom. The van der Waals surface area contributed by atoms with E-state index in [9.17, 15) is 0 Å². The smallest absolute Gasteiger partial charge is 0.118 e. The molecule has 20 heavy (non-hydrogen) atoms. The summed E-state index contributed by atoms with van der Waals surface area (Å²) in [7, 11) is 1.71. The minimum Gasteiger partial charge on any atom is -0.497 e. The quantitative estimate of drug-likeness (QED) is 0.864. The SMILES string of the molecule is CCCN1CCCC(NCc2ccc(OC)cc2)CC1. The normalized spacial score (nSPS) is 20.6. The van der Waals surface area contributed by atoms with Gasteiger partial charge in [-0.25, -0.2) is 0 Å². The van der Waals surface area contributed by atoms with Crippen molar-refractivity contribution in [3.05, 3.63) is 29.8 Å². The number of ether oxygens (including phenoxy) is 1. The number of hydrogen-bond acceptors (Lipinski definition) is 3. The summed E-state index contributed by atoms with van der Waals surface area (Å²) in [4.78, 5) is 2.61. The number of methoxy groups -OCH3 is 1. The molecular weight excluding hydrogens is 248 g/mol. The molecule has 0 saturated carbocycles. The predicted molar refractivity (Wildman–Crippen MR) is 84.2 cm³/mol. The highest BCUT2D eigenvalue weighted by Crippen LogP contribution is 2.14. The molecule has 0 radical (unpaired) electrons.